The highest BCUT2D eigenvalue weighted by atomic mass is 32.2. The fourth-order valence-corrected chi connectivity index (χ4v) is 4.56. The van der Waals surface area contributed by atoms with Crippen molar-refractivity contribution < 1.29 is 13.2 Å². The summed E-state index contributed by atoms with van der Waals surface area (Å²) in [5, 5.41) is 0. The van der Waals surface area contributed by atoms with Crippen LogP contribution in [0.2, 0.25) is 0 Å². The molecule has 1 aliphatic heterocycles. The highest BCUT2D eigenvalue weighted by Gasteiger charge is 2.33. The van der Waals surface area contributed by atoms with Gasteiger partial charge in [-0.15, -0.1) is 0 Å². The number of aromatic nitrogens is 1. The van der Waals surface area contributed by atoms with Gasteiger partial charge in [0.25, 0.3) is 0 Å². The van der Waals surface area contributed by atoms with Gasteiger partial charge in [-0.3, -0.25) is 4.79 Å². The third-order valence-electron chi connectivity index (χ3n) is 4.02. The van der Waals surface area contributed by atoms with Crippen LogP contribution < -0.4 is 0 Å². The van der Waals surface area contributed by atoms with E-state index >= 15 is 0 Å². The zero-order valence-electron chi connectivity index (χ0n) is 12.3. The molecule has 0 spiro atoms. The van der Waals surface area contributed by atoms with Crippen LogP contribution in [0.5, 0.6) is 0 Å². The lowest BCUT2D eigenvalue weighted by Gasteiger charge is -2.27. The van der Waals surface area contributed by atoms with Gasteiger partial charge in [0.15, 0.2) is 9.84 Å². The van der Waals surface area contributed by atoms with Crippen molar-refractivity contribution in [2.24, 2.45) is 0 Å². The van der Waals surface area contributed by atoms with Crippen LogP contribution in [-0.4, -0.2) is 47.9 Å². The minimum absolute atomic E-state index is 0.00278. The van der Waals surface area contributed by atoms with Gasteiger partial charge in [-0.2, -0.15) is 0 Å². The number of amides is 1. The third-order valence-corrected chi connectivity index (χ3v) is 5.77. The van der Waals surface area contributed by atoms with Crippen LogP contribution in [0.4, 0.5) is 0 Å². The molecule has 6 heteroatoms. The van der Waals surface area contributed by atoms with Crippen molar-refractivity contribution in [3.8, 4) is 0 Å². The molecular formula is C14H22N2O3S. The van der Waals surface area contributed by atoms with E-state index in [1.807, 2.05) is 37.5 Å². The zero-order valence-corrected chi connectivity index (χ0v) is 13.1. The Morgan fingerprint density at radius 3 is 2.40 bits per heavy atom. The molecule has 1 fully saturated rings. The Kier molecular flexibility index (Phi) is 4.22. The fourth-order valence-electron chi connectivity index (χ4n) is 2.83. The van der Waals surface area contributed by atoms with Gasteiger partial charge >= 0.3 is 0 Å². The quantitative estimate of drug-likeness (QED) is 0.837. The average Bonchev–Trinajstić information content (AvgIpc) is 2.87. The summed E-state index contributed by atoms with van der Waals surface area (Å²) >= 11 is 0. The largest absolute Gasteiger partial charge is 0.340 e. The van der Waals surface area contributed by atoms with E-state index in [-0.39, 0.29) is 30.0 Å². The molecular weight excluding hydrogens is 276 g/mol. The summed E-state index contributed by atoms with van der Waals surface area (Å²) < 4.78 is 25.1. The third kappa shape index (κ3) is 3.06. The standard InChI is InChI=1S/C14H22N2O3S/c1-4-15(13-7-8-20(18,19)10-13)14(17)9-16-11(2)5-6-12(16)3/h5-6,13H,4,7-10H2,1-3H3. The van der Waals surface area contributed by atoms with Crippen molar-refractivity contribution in [2.75, 3.05) is 18.1 Å². The Labute approximate surface area is 120 Å². The summed E-state index contributed by atoms with van der Waals surface area (Å²) in [5.74, 6) is 0.302. The number of carbonyl (C=O) groups is 1. The summed E-state index contributed by atoms with van der Waals surface area (Å²) in [5.41, 5.74) is 2.09. The van der Waals surface area contributed by atoms with Crippen molar-refractivity contribution in [1.29, 1.82) is 0 Å². The van der Waals surface area contributed by atoms with Crippen LogP contribution in [0.3, 0.4) is 0 Å². The van der Waals surface area contributed by atoms with Gasteiger partial charge in [0.2, 0.25) is 5.91 Å². The van der Waals surface area contributed by atoms with Crippen molar-refractivity contribution in [1.82, 2.24) is 9.47 Å². The second-order valence-corrected chi connectivity index (χ2v) is 7.67. The van der Waals surface area contributed by atoms with Crippen molar-refractivity contribution in [3.05, 3.63) is 23.5 Å². The summed E-state index contributed by atoms with van der Waals surface area (Å²) in [6.45, 7) is 6.68. The van der Waals surface area contributed by atoms with Gasteiger partial charge < -0.3 is 9.47 Å². The Bertz CT molecular complexity index is 584. The molecule has 1 aromatic heterocycles. The first kappa shape index (κ1) is 15.1. The number of nitrogens with zero attached hydrogens (tertiary/aromatic N) is 2. The minimum atomic E-state index is -2.96. The molecule has 1 atom stereocenters. The highest BCUT2D eigenvalue weighted by molar-refractivity contribution is 7.91. The van der Waals surface area contributed by atoms with Gasteiger partial charge in [-0.05, 0) is 39.3 Å². The number of hydrogen-bond donors (Lipinski definition) is 0. The number of aryl methyl sites for hydroxylation is 2. The lowest BCUT2D eigenvalue weighted by atomic mass is 10.2. The van der Waals surface area contributed by atoms with E-state index in [0.717, 1.165) is 11.4 Å². The topological polar surface area (TPSA) is 59.4 Å². The summed E-state index contributed by atoms with van der Waals surface area (Å²) in [6, 6.07) is 3.81. The Morgan fingerprint density at radius 2 is 1.95 bits per heavy atom. The summed E-state index contributed by atoms with van der Waals surface area (Å²) in [4.78, 5) is 14.2. The van der Waals surface area contributed by atoms with Crippen molar-refractivity contribution >= 4 is 15.7 Å². The molecule has 0 N–H and O–H groups in total. The molecule has 20 heavy (non-hydrogen) atoms. The van der Waals surface area contributed by atoms with Crippen LogP contribution in [0, 0.1) is 13.8 Å². The molecule has 0 aliphatic carbocycles. The van der Waals surface area contributed by atoms with Gasteiger partial charge in [0, 0.05) is 24.0 Å². The van der Waals surface area contributed by atoms with E-state index in [4.69, 9.17) is 0 Å². The first-order valence-corrected chi connectivity index (χ1v) is 8.79. The lowest BCUT2D eigenvalue weighted by molar-refractivity contribution is -0.133. The lowest BCUT2D eigenvalue weighted by Crippen LogP contribution is -2.42. The SMILES string of the molecule is CCN(C(=O)Cn1c(C)ccc1C)C1CCS(=O)(=O)C1. The summed E-state index contributed by atoms with van der Waals surface area (Å²) in [7, 11) is -2.96. The Morgan fingerprint density at radius 1 is 1.35 bits per heavy atom. The van der Waals surface area contributed by atoms with Crippen LogP contribution in [0.15, 0.2) is 12.1 Å². The van der Waals surface area contributed by atoms with Crippen molar-refractivity contribution in [2.45, 2.75) is 39.8 Å². The van der Waals surface area contributed by atoms with Crippen LogP contribution >= 0.6 is 0 Å². The van der Waals surface area contributed by atoms with Gasteiger partial charge in [0.1, 0.15) is 6.54 Å². The second-order valence-electron chi connectivity index (χ2n) is 5.44. The molecule has 5 nitrogen and oxygen atoms in total. The van der Waals surface area contributed by atoms with Crippen LogP contribution in [-0.2, 0) is 21.2 Å². The number of sulfone groups is 1. The first-order chi connectivity index (χ1) is 9.34. The van der Waals surface area contributed by atoms with Crippen LogP contribution in [0.25, 0.3) is 0 Å². The maximum atomic E-state index is 12.5. The molecule has 0 aromatic carbocycles. The van der Waals surface area contributed by atoms with Gasteiger partial charge in [-0.1, -0.05) is 0 Å². The minimum Gasteiger partial charge on any atom is -0.340 e. The van der Waals surface area contributed by atoms with E-state index in [0.29, 0.717) is 13.0 Å². The van der Waals surface area contributed by atoms with E-state index in [1.54, 1.807) is 4.90 Å². The molecule has 1 saturated heterocycles. The van der Waals surface area contributed by atoms with E-state index in [2.05, 4.69) is 0 Å². The number of likely N-dealkylation sites (N-methyl/N-ethyl adjacent to an activating group) is 1. The zero-order chi connectivity index (χ0) is 14.9. The molecule has 1 unspecified atom stereocenters. The number of carbonyl (C=O) groups excluding carboxylic acids is 1. The first-order valence-electron chi connectivity index (χ1n) is 6.96. The second kappa shape index (κ2) is 5.60. The van der Waals surface area contributed by atoms with Gasteiger partial charge in [-0.25, -0.2) is 8.42 Å². The molecule has 2 heterocycles. The molecule has 0 saturated carbocycles. The molecule has 1 aromatic rings. The smallest absolute Gasteiger partial charge is 0.242 e. The normalized spacial score (nSPS) is 21.1. The highest BCUT2D eigenvalue weighted by Crippen LogP contribution is 2.18. The van der Waals surface area contributed by atoms with E-state index in [9.17, 15) is 13.2 Å². The molecule has 112 valence electrons. The molecule has 1 aliphatic rings. The fraction of sp³-hybridized carbons (Fsp3) is 0.643. The predicted octanol–water partition coefficient (Wildman–Crippen LogP) is 1.14. The number of hydrogen-bond acceptors (Lipinski definition) is 3. The molecule has 0 radical (unpaired) electrons. The predicted molar refractivity (Wildman–Crippen MR) is 78.4 cm³/mol. The van der Waals surface area contributed by atoms with Crippen LogP contribution in [0.1, 0.15) is 24.7 Å². The molecule has 0 bridgehead atoms. The Balaban J connectivity index is 2.11. The molecule has 2 rings (SSSR count). The number of rotatable bonds is 4. The van der Waals surface area contributed by atoms with Gasteiger partial charge in [0.05, 0.1) is 11.5 Å². The van der Waals surface area contributed by atoms with E-state index in [1.165, 1.54) is 0 Å². The average molecular weight is 298 g/mol. The maximum Gasteiger partial charge on any atom is 0.242 e. The maximum absolute atomic E-state index is 12.5. The monoisotopic (exact) mass is 298 g/mol. The summed E-state index contributed by atoms with van der Waals surface area (Å²) in [6.07, 6.45) is 0.561. The van der Waals surface area contributed by atoms with Crippen molar-refractivity contribution in [3.63, 3.8) is 0 Å². The molecule has 1 amide bonds. The van der Waals surface area contributed by atoms with E-state index < -0.39 is 9.84 Å². The Hall–Kier alpha value is -1.30.